The van der Waals surface area contributed by atoms with Crippen LogP contribution in [0.1, 0.15) is 16.8 Å². The van der Waals surface area contributed by atoms with Crippen LogP contribution in [0.15, 0.2) is 53.4 Å². The van der Waals surface area contributed by atoms with Crippen LogP contribution in [-0.2, 0) is 15.6 Å². The van der Waals surface area contributed by atoms with Gasteiger partial charge in [-0.05, 0) is 36.8 Å². The largest absolute Gasteiger partial charge is 0.480 e. The molecule has 0 aliphatic rings. The monoisotopic (exact) mass is 367 g/mol. The van der Waals surface area contributed by atoms with E-state index in [1.807, 2.05) is 0 Å². The first-order valence-electron chi connectivity index (χ1n) is 7.30. The third kappa shape index (κ3) is 5.18. The van der Waals surface area contributed by atoms with E-state index in [1.165, 1.54) is 0 Å². The Labute approximate surface area is 145 Å². The highest BCUT2D eigenvalue weighted by Gasteiger charge is 2.22. The lowest BCUT2D eigenvalue weighted by atomic mass is 10.1. The fourth-order valence-electron chi connectivity index (χ4n) is 2.05. The average molecular weight is 367 g/mol. The van der Waals surface area contributed by atoms with Crippen molar-refractivity contribution in [1.29, 1.82) is 0 Å². The van der Waals surface area contributed by atoms with Gasteiger partial charge in [0.15, 0.2) is 11.6 Å². The summed E-state index contributed by atoms with van der Waals surface area (Å²) in [6, 6.07) is 9.73. The van der Waals surface area contributed by atoms with Crippen LogP contribution in [0, 0.1) is 11.6 Å². The average Bonchev–Trinajstić information content (AvgIpc) is 2.60. The summed E-state index contributed by atoms with van der Waals surface area (Å²) in [7, 11) is -1.41. The van der Waals surface area contributed by atoms with E-state index in [4.69, 9.17) is 0 Å². The van der Waals surface area contributed by atoms with Crippen molar-refractivity contribution in [3.63, 3.8) is 0 Å². The fraction of sp³-hybridized carbons (Fsp3) is 0.176. The van der Waals surface area contributed by atoms with Crippen molar-refractivity contribution < 1.29 is 27.7 Å². The molecule has 2 atom stereocenters. The van der Waals surface area contributed by atoms with Gasteiger partial charge in [0.1, 0.15) is 6.04 Å². The van der Waals surface area contributed by atoms with Crippen molar-refractivity contribution in [2.75, 3.05) is 5.75 Å². The van der Waals surface area contributed by atoms with E-state index in [0.29, 0.717) is 11.0 Å². The molecule has 2 rings (SSSR count). The van der Waals surface area contributed by atoms with E-state index >= 15 is 0 Å². The van der Waals surface area contributed by atoms with Crippen molar-refractivity contribution in [3.05, 3.63) is 65.7 Å². The summed E-state index contributed by atoms with van der Waals surface area (Å²) in [5.41, 5.74) is -0.200. The molecule has 2 aromatic rings. The zero-order valence-electron chi connectivity index (χ0n) is 12.9. The number of benzene rings is 2. The minimum atomic E-state index is -1.41. The highest BCUT2D eigenvalue weighted by Crippen LogP contribution is 2.11. The Balaban J connectivity index is 2.00. The summed E-state index contributed by atoms with van der Waals surface area (Å²) < 4.78 is 38.2. The zero-order valence-corrected chi connectivity index (χ0v) is 13.8. The minimum absolute atomic E-state index is 0.0268. The van der Waals surface area contributed by atoms with Gasteiger partial charge in [-0.1, -0.05) is 18.2 Å². The number of rotatable bonds is 7. The molecule has 0 unspecified atom stereocenters. The molecule has 132 valence electrons. The van der Waals surface area contributed by atoms with E-state index in [2.05, 4.69) is 5.32 Å². The maximum Gasteiger partial charge on any atom is 0.326 e. The maximum absolute atomic E-state index is 13.2. The molecule has 0 aliphatic carbocycles. The van der Waals surface area contributed by atoms with Gasteiger partial charge < -0.3 is 10.4 Å². The number of hydrogen-bond donors (Lipinski definition) is 2. The first-order valence-corrected chi connectivity index (χ1v) is 8.62. The van der Waals surface area contributed by atoms with E-state index in [0.717, 1.165) is 12.1 Å². The molecule has 8 heteroatoms. The molecule has 0 fully saturated rings. The molecule has 0 radical (unpaired) electrons. The van der Waals surface area contributed by atoms with Crippen molar-refractivity contribution in [2.24, 2.45) is 0 Å². The van der Waals surface area contributed by atoms with E-state index in [1.54, 1.807) is 30.3 Å². The van der Waals surface area contributed by atoms with Gasteiger partial charge in [-0.2, -0.15) is 0 Å². The number of nitrogens with one attached hydrogen (secondary N) is 1. The van der Waals surface area contributed by atoms with Gasteiger partial charge in [0, 0.05) is 16.2 Å². The smallest absolute Gasteiger partial charge is 0.326 e. The lowest BCUT2D eigenvalue weighted by Crippen LogP contribution is -2.41. The molecule has 5 nitrogen and oxygen atoms in total. The second-order valence-corrected chi connectivity index (χ2v) is 6.72. The fourth-order valence-corrected chi connectivity index (χ4v) is 3.20. The van der Waals surface area contributed by atoms with Crippen LogP contribution in [0.5, 0.6) is 0 Å². The van der Waals surface area contributed by atoms with Gasteiger partial charge in [0.25, 0.3) is 5.91 Å². The summed E-state index contributed by atoms with van der Waals surface area (Å²) in [6.45, 7) is 0. The Morgan fingerprint density at radius 3 is 2.36 bits per heavy atom. The van der Waals surface area contributed by atoms with Crippen LogP contribution in [-0.4, -0.2) is 33.0 Å². The van der Waals surface area contributed by atoms with E-state index < -0.39 is 40.4 Å². The van der Waals surface area contributed by atoms with Crippen molar-refractivity contribution >= 4 is 22.7 Å². The van der Waals surface area contributed by atoms with Gasteiger partial charge in [-0.25, -0.2) is 13.6 Å². The molecule has 0 spiro atoms. The molecule has 0 aliphatic heterocycles. The van der Waals surface area contributed by atoms with Crippen LogP contribution in [0.25, 0.3) is 0 Å². The second-order valence-electron chi connectivity index (χ2n) is 5.14. The van der Waals surface area contributed by atoms with E-state index in [-0.39, 0.29) is 17.7 Å². The molecule has 1 amide bonds. The Morgan fingerprint density at radius 1 is 1.08 bits per heavy atom. The van der Waals surface area contributed by atoms with Crippen LogP contribution in [0.3, 0.4) is 0 Å². The number of carboxylic acid groups (broad SMARTS) is 1. The molecule has 25 heavy (non-hydrogen) atoms. The SMILES string of the molecule is O=C(N[C@@H](CC[S@](=O)c1ccccc1)C(=O)O)c1ccc(F)c(F)c1. The molecule has 0 heterocycles. The predicted molar refractivity (Wildman–Crippen MR) is 87.6 cm³/mol. The second kappa shape index (κ2) is 8.48. The Morgan fingerprint density at radius 2 is 1.76 bits per heavy atom. The number of carbonyl (C=O) groups is 2. The predicted octanol–water partition coefficient (Wildman–Crippen LogP) is 2.35. The lowest BCUT2D eigenvalue weighted by molar-refractivity contribution is -0.139. The Kier molecular flexibility index (Phi) is 6.35. The molecule has 0 bridgehead atoms. The summed E-state index contributed by atoms with van der Waals surface area (Å²) in [5, 5.41) is 11.4. The normalized spacial score (nSPS) is 13.0. The summed E-state index contributed by atoms with van der Waals surface area (Å²) in [5.74, 6) is -4.44. The molecular weight excluding hydrogens is 352 g/mol. The summed E-state index contributed by atoms with van der Waals surface area (Å²) in [4.78, 5) is 23.8. The van der Waals surface area contributed by atoms with Crippen LogP contribution in [0.2, 0.25) is 0 Å². The number of aliphatic carboxylic acids is 1. The number of halogens is 2. The van der Waals surface area contributed by atoms with Gasteiger partial charge >= 0.3 is 5.97 Å². The van der Waals surface area contributed by atoms with Gasteiger partial charge in [0.2, 0.25) is 0 Å². The molecule has 2 N–H and O–H groups in total. The Bertz CT molecular complexity index is 798. The summed E-state index contributed by atoms with van der Waals surface area (Å²) in [6.07, 6.45) is -0.0771. The maximum atomic E-state index is 13.2. The number of hydrogen-bond acceptors (Lipinski definition) is 3. The van der Waals surface area contributed by atoms with Crippen molar-refractivity contribution in [2.45, 2.75) is 17.4 Å². The van der Waals surface area contributed by atoms with Gasteiger partial charge in [-0.3, -0.25) is 9.00 Å². The lowest BCUT2D eigenvalue weighted by Gasteiger charge is -2.14. The molecule has 0 saturated carbocycles. The molecule has 0 saturated heterocycles. The third-order valence-electron chi connectivity index (χ3n) is 3.38. The van der Waals surface area contributed by atoms with Crippen LogP contribution >= 0.6 is 0 Å². The van der Waals surface area contributed by atoms with Crippen molar-refractivity contribution in [3.8, 4) is 0 Å². The van der Waals surface area contributed by atoms with Gasteiger partial charge in [0.05, 0.1) is 10.8 Å². The minimum Gasteiger partial charge on any atom is -0.480 e. The zero-order chi connectivity index (χ0) is 18.4. The van der Waals surface area contributed by atoms with Gasteiger partial charge in [-0.15, -0.1) is 0 Å². The Hall–Kier alpha value is -2.61. The highest BCUT2D eigenvalue weighted by molar-refractivity contribution is 7.85. The molecule has 2 aromatic carbocycles. The number of amides is 1. The van der Waals surface area contributed by atoms with Crippen LogP contribution < -0.4 is 5.32 Å². The molecule has 0 aromatic heterocycles. The summed E-state index contributed by atoms with van der Waals surface area (Å²) >= 11 is 0. The topological polar surface area (TPSA) is 83.5 Å². The first kappa shape index (κ1) is 18.7. The number of carbonyl (C=O) groups excluding carboxylic acids is 1. The van der Waals surface area contributed by atoms with Crippen molar-refractivity contribution in [1.82, 2.24) is 5.32 Å². The third-order valence-corrected chi connectivity index (χ3v) is 4.79. The standard InChI is InChI=1S/C17H15F2NO4S/c18-13-7-6-11(10-14(13)19)16(21)20-15(17(22)23)8-9-25(24)12-4-2-1-3-5-12/h1-7,10,15H,8-9H2,(H,20,21)(H,22,23)/t15-,25-/m0/s1. The van der Waals surface area contributed by atoms with E-state index in [9.17, 15) is 27.7 Å². The van der Waals surface area contributed by atoms with Crippen LogP contribution in [0.4, 0.5) is 8.78 Å². The molecular formula is C17H15F2NO4S. The number of carboxylic acids is 1. The first-order chi connectivity index (χ1) is 11.9. The quantitative estimate of drug-likeness (QED) is 0.787. The highest BCUT2D eigenvalue weighted by atomic mass is 32.2.